The largest absolute Gasteiger partial charge is 0.411 e. The van der Waals surface area contributed by atoms with E-state index >= 15 is 0 Å². The number of fused-ring (bicyclic) bond motifs is 4. The molecule has 5 rings (SSSR count). The number of hydrogen-bond donors (Lipinski definition) is 2. The van der Waals surface area contributed by atoms with Crippen molar-refractivity contribution in [3.8, 4) is 0 Å². The van der Waals surface area contributed by atoms with Gasteiger partial charge in [-0.05, 0) is 92.6 Å². The highest BCUT2D eigenvalue weighted by molar-refractivity contribution is 5.93. The fourth-order valence-corrected chi connectivity index (χ4v) is 7.48. The van der Waals surface area contributed by atoms with Crippen molar-refractivity contribution in [3.63, 3.8) is 0 Å². The first-order valence-electron chi connectivity index (χ1n) is 12.8. The van der Waals surface area contributed by atoms with Gasteiger partial charge < -0.3 is 15.1 Å². The lowest BCUT2D eigenvalue weighted by molar-refractivity contribution is -0.143. The smallest absolute Gasteiger partial charge is 0.156 e. The molecule has 0 saturated heterocycles. The summed E-state index contributed by atoms with van der Waals surface area (Å²) >= 11 is 0. The number of benzene rings is 1. The van der Waals surface area contributed by atoms with E-state index in [1.165, 1.54) is 28.5 Å². The minimum absolute atomic E-state index is 0.0895. The quantitative estimate of drug-likeness (QED) is 0.341. The van der Waals surface area contributed by atoms with E-state index in [1.807, 2.05) is 32.1 Å². The van der Waals surface area contributed by atoms with Crippen LogP contribution >= 0.6 is 0 Å². The second kappa shape index (κ2) is 8.76. The van der Waals surface area contributed by atoms with Crippen LogP contribution in [0.4, 0.5) is 0 Å². The van der Waals surface area contributed by atoms with E-state index in [0.717, 1.165) is 44.1 Å². The van der Waals surface area contributed by atoms with Crippen molar-refractivity contribution in [2.75, 3.05) is 6.61 Å². The van der Waals surface area contributed by atoms with Crippen LogP contribution < -0.4 is 0 Å². The molecule has 182 valence electrons. The summed E-state index contributed by atoms with van der Waals surface area (Å²) in [5, 5.41) is 24.1. The van der Waals surface area contributed by atoms with Crippen molar-refractivity contribution < 1.29 is 19.8 Å². The van der Waals surface area contributed by atoms with Gasteiger partial charge in [0.2, 0.25) is 0 Å². The van der Waals surface area contributed by atoms with Gasteiger partial charge in [0.05, 0.1) is 24.5 Å². The predicted octanol–water partition coefficient (Wildman–Crippen LogP) is 5.55. The van der Waals surface area contributed by atoms with E-state index in [1.54, 1.807) is 0 Å². The highest BCUT2D eigenvalue weighted by atomic mass is 16.5. The highest BCUT2D eigenvalue weighted by Crippen LogP contribution is 2.66. The van der Waals surface area contributed by atoms with Gasteiger partial charge in [0.25, 0.3) is 0 Å². The lowest BCUT2D eigenvalue weighted by atomic mass is 9.51. The molecule has 0 radical (unpaired) electrons. The number of carbonyl (C=O) groups is 1. The third kappa shape index (κ3) is 3.77. The van der Waals surface area contributed by atoms with E-state index < -0.39 is 5.60 Å². The Morgan fingerprint density at radius 2 is 1.94 bits per heavy atom. The number of rotatable bonds is 5. The molecule has 4 aliphatic rings. The third-order valence-corrected chi connectivity index (χ3v) is 9.26. The molecular formula is C29H37NO4. The first-order chi connectivity index (χ1) is 16.3. The van der Waals surface area contributed by atoms with E-state index in [-0.39, 0.29) is 23.2 Å². The fraction of sp³-hybridized carbons (Fsp3) is 0.586. The van der Waals surface area contributed by atoms with Crippen LogP contribution in [0.1, 0.15) is 82.8 Å². The molecule has 0 spiro atoms. The van der Waals surface area contributed by atoms with E-state index in [4.69, 9.17) is 9.94 Å². The van der Waals surface area contributed by atoms with Crippen LogP contribution in [-0.4, -0.2) is 40.6 Å². The normalized spacial score (nSPS) is 35.4. The molecule has 0 aliphatic heterocycles. The maximum atomic E-state index is 12.2. The molecule has 0 unspecified atom stereocenters. The number of nitrogens with zero attached hydrogens (tertiary/aromatic N) is 1. The average molecular weight is 464 g/mol. The zero-order valence-corrected chi connectivity index (χ0v) is 20.6. The summed E-state index contributed by atoms with van der Waals surface area (Å²) in [4.78, 5) is 12.2. The zero-order valence-electron chi connectivity index (χ0n) is 20.6. The minimum Gasteiger partial charge on any atom is -0.411 e. The van der Waals surface area contributed by atoms with Gasteiger partial charge in [-0.15, -0.1) is 0 Å². The van der Waals surface area contributed by atoms with Crippen LogP contribution in [0.5, 0.6) is 0 Å². The molecule has 2 N–H and O–H groups in total. The van der Waals surface area contributed by atoms with E-state index in [9.17, 15) is 9.90 Å². The monoisotopic (exact) mass is 463 g/mol. The summed E-state index contributed by atoms with van der Waals surface area (Å²) in [6, 6.07) is 8.27. The van der Waals surface area contributed by atoms with Crippen molar-refractivity contribution in [1.29, 1.82) is 0 Å². The topological polar surface area (TPSA) is 79.1 Å². The summed E-state index contributed by atoms with van der Waals surface area (Å²) in [5.74, 6) is 1.30. The van der Waals surface area contributed by atoms with Crippen LogP contribution in [0.15, 0.2) is 52.2 Å². The molecule has 1 aromatic rings. The van der Waals surface area contributed by atoms with Gasteiger partial charge in [-0.3, -0.25) is 4.79 Å². The first-order valence-corrected chi connectivity index (χ1v) is 12.8. The lowest BCUT2D eigenvalue weighted by Crippen LogP contribution is -2.54. The molecule has 0 aromatic heterocycles. The number of allylic oxidation sites excluding steroid dienone is 4. The Labute approximate surface area is 202 Å². The van der Waals surface area contributed by atoms with Crippen LogP contribution in [0.3, 0.4) is 0 Å². The maximum absolute atomic E-state index is 12.2. The van der Waals surface area contributed by atoms with Gasteiger partial charge in [0.1, 0.15) is 0 Å². The summed E-state index contributed by atoms with van der Waals surface area (Å²) in [7, 11) is 0. The lowest BCUT2D eigenvalue weighted by Gasteiger charge is -2.55. The molecular weight excluding hydrogens is 426 g/mol. The number of oxime groups is 1. The van der Waals surface area contributed by atoms with Gasteiger partial charge in [0.15, 0.2) is 5.78 Å². The van der Waals surface area contributed by atoms with Crippen molar-refractivity contribution in [2.45, 2.75) is 83.3 Å². The number of aliphatic hydroxyl groups is 1. The molecule has 2 fully saturated rings. The Morgan fingerprint density at radius 3 is 2.65 bits per heavy atom. The molecule has 5 atom stereocenters. The van der Waals surface area contributed by atoms with Crippen molar-refractivity contribution in [1.82, 2.24) is 0 Å². The van der Waals surface area contributed by atoms with Crippen molar-refractivity contribution >= 4 is 12.0 Å². The number of ether oxygens (including phenoxy) is 1. The van der Waals surface area contributed by atoms with Gasteiger partial charge in [-0.25, -0.2) is 0 Å². The molecule has 4 aliphatic carbocycles. The Bertz CT molecular complexity index is 1050. The molecule has 0 amide bonds. The second-order valence-corrected chi connectivity index (χ2v) is 11.3. The summed E-state index contributed by atoms with van der Waals surface area (Å²) in [6.45, 7) is 6.74. The molecule has 34 heavy (non-hydrogen) atoms. The number of ketones is 1. The van der Waals surface area contributed by atoms with E-state index in [0.29, 0.717) is 24.9 Å². The summed E-state index contributed by atoms with van der Waals surface area (Å²) < 4.78 is 6.01. The van der Waals surface area contributed by atoms with Crippen LogP contribution in [0.2, 0.25) is 0 Å². The van der Waals surface area contributed by atoms with Crippen molar-refractivity contribution in [3.05, 3.63) is 58.2 Å². The standard InChI is InChI=1S/C29H37NO4/c1-18(2)34-17-29(32)13-12-26-24-10-8-21-14-22(31)9-11-23(21)27(24)25(15-28(26,29)3)20-6-4-19(5-7-20)16-30-33/h4-7,14,16,18,24-26,32-33H,8-13,15,17H2,1-3H3/b30-16+/t24-,25+,26-,28-,29+/m0/s1. The van der Waals surface area contributed by atoms with E-state index in [2.05, 4.69) is 24.2 Å². The van der Waals surface area contributed by atoms with Crippen LogP contribution in [0, 0.1) is 17.3 Å². The summed E-state index contributed by atoms with van der Waals surface area (Å²) in [6.07, 6.45) is 9.55. The Hall–Kier alpha value is -2.24. The van der Waals surface area contributed by atoms with Crippen molar-refractivity contribution in [2.24, 2.45) is 22.4 Å². The summed E-state index contributed by atoms with van der Waals surface area (Å²) in [5.41, 5.74) is 5.20. The molecule has 0 bridgehead atoms. The van der Waals surface area contributed by atoms with Crippen LogP contribution in [0.25, 0.3) is 0 Å². The molecule has 5 nitrogen and oxygen atoms in total. The zero-order chi connectivity index (χ0) is 24.1. The van der Waals surface area contributed by atoms with Gasteiger partial charge in [0, 0.05) is 17.8 Å². The SMILES string of the molecule is CC(C)OC[C@]1(O)CC[C@H]2[C@@H]3CCC4=CC(=O)CCC4=C3[C@@H](c3ccc(/C=N/O)cc3)C[C@@]21C. The highest BCUT2D eigenvalue weighted by Gasteiger charge is 2.63. The molecule has 0 heterocycles. The molecule has 2 saturated carbocycles. The third-order valence-electron chi connectivity index (χ3n) is 9.26. The Balaban J connectivity index is 1.61. The van der Waals surface area contributed by atoms with Crippen LogP contribution in [-0.2, 0) is 9.53 Å². The van der Waals surface area contributed by atoms with Gasteiger partial charge in [-0.2, -0.15) is 0 Å². The Kier molecular flexibility index (Phi) is 6.06. The van der Waals surface area contributed by atoms with Gasteiger partial charge >= 0.3 is 0 Å². The molecule has 5 heteroatoms. The Morgan fingerprint density at radius 1 is 1.18 bits per heavy atom. The fourth-order valence-electron chi connectivity index (χ4n) is 7.48. The second-order valence-electron chi connectivity index (χ2n) is 11.3. The van der Waals surface area contributed by atoms with Gasteiger partial charge in [-0.1, -0.05) is 41.9 Å². The first kappa shape index (κ1) is 23.5. The number of hydrogen-bond acceptors (Lipinski definition) is 5. The number of carbonyl (C=O) groups excluding carboxylic acids is 1. The molecule has 1 aromatic carbocycles. The average Bonchev–Trinajstić information content (AvgIpc) is 3.08. The predicted molar refractivity (Wildman–Crippen MR) is 132 cm³/mol. The maximum Gasteiger partial charge on any atom is 0.156 e. The minimum atomic E-state index is -0.835.